The molecule has 6 nitrogen and oxygen atoms in total. The summed E-state index contributed by atoms with van der Waals surface area (Å²) in [6.07, 6.45) is 0. The highest BCUT2D eigenvalue weighted by Crippen LogP contribution is 2.28. The van der Waals surface area contributed by atoms with E-state index in [4.69, 9.17) is 19.9 Å². The Morgan fingerprint density at radius 1 is 1.47 bits per heavy atom. The Labute approximate surface area is 112 Å². The molecule has 2 rings (SSSR count). The molecule has 0 aliphatic rings. The molecule has 1 aromatic heterocycles. The van der Waals surface area contributed by atoms with E-state index >= 15 is 0 Å². The standard InChI is InChI=1S/C10H8ClFN2O4S/c1-6-13-10(14-18-6)5-17-8-3-2-7(12)4-9(8)19(11,15)16/h2-4H,5H2,1H3. The number of aromatic nitrogens is 2. The highest BCUT2D eigenvalue weighted by Gasteiger charge is 2.18. The number of halogens is 2. The second-order valence-electron chi connectivity index (χ2n) is 3.55. The lowest BCUT2D eigenvalue weighted by atomic mass is 10.3. The summed E-state index contributed by atoms with van der Waals surface area (Å²) in [4.78, 5) is 3.43. The molecule has 9 heteroatoms. The van der Waals surface area contributed by atoms with Gasteiger partial charge in [-0.1, -0.05) is 5.16 Å². The third kappa shape index (κ3) is 3.42. The van der Waals surface area contributed by atoms with Crippen LogP contribution in [-0.4, -0.2) is 18.6 Å². The molecule has 0 saturated carbocycles. The lowest BCUT2D eigenvalue weighted by molar-refractivity contribution is 0.278. The zero-order chi connectivity index (χ0) is 14.0. The quantitative estimate of drug-likeness (QED) is 0.804. The molecule has 0 aliphatic carbocycles. The summed E-state index contributed by atoms with van der Waals surface area (Å²) in [6, 6.07) is 3.00. The van der Waals surface area contributed by atoms with Gasteiger partial charge in [-0.2, -0.15) is 4.98 Å². The third-order valence-corrected chi connectivity index (χ3v) is 3.44. The van der Waals surface area contributed by atoms with Crippen LogP contribution in [0.4, 0.5) is 4.39 Å². The molecule has 0 saturated heterocycles. The van der Waals surface area contributed by atoms with Crippen molar-refractivity contribution in [1.82, 2.24) is 10.1 Å². The number of rotatable bonds is 4. The van der Waals surface area contributed by atoms with Crippen LogP contribution in [0.2, 0.25) is 0 Å². The molecule has 0 atom stereocenters. The van der Waals surface area contributed by atoms with Crippen molar-refractivity contribution in [1.29, 1.82) is 0 Å². The van der Waals surface area contributed by atoms with Gasteiger partial charge in [0.2, 0.25) is 11.7 Å². The summed E-state index contributed by atoms with van der Waals surface area (Å²) in [5.41, 5.74) is 0. The van der Waals surface area contributed by atoms with Crippen LogP contribution < -0.4 is 4.74 Å². The van der Waals surface area contributed by atoms with Gasteiger partial charge < -0.3 is 9.26 Å². The predicted molar refractivity (Wildman–Crippen MR) is 62.8 cm³/mol. The first-order valence-electron chi connectivity index (χ1n) is 5.02. The normalized spacial score (nSPS) is 11.5. The van der Waals surface area contributed by atoms with Crippen LogP contribution in [-0.2, 0) is 15.7 Å². The van der Waals surface area contributed by atoms with Gasteiger partial charge in [0.25, 0.3) is 9.05 Å². The van der Waals surface area contributed by atoms with Crippen molar-refractivity contribution in [3.63, 3.8) is 0 Å². The van der Waals surface area contributed by atoms with E-state index in [1.165, 1.54) is 0 Å². The van der Waals surface area contributed by atoms with Crippen LogP contribution in [0.3, 0.4) is 0 Å². The zero-order valence-corrected chi connectivity index (χ0v) is 11.2. The molecule has 19 heavy (non-hydrogen) atoms. The van der Waals surface area contributed by atoms with Gasteiger partial charge in [0.15, 0.2) is 6.61 Å². The Morgan fingerprint density at radius 3 is 2.79 bits per heavy atom. The number of hydrogen-bond acceptors (Lipinski definition) is 6. The number of ether oxygens (including phenoxy) is 1. The summed E-state index contributed by atoms with van der Waals surface area (Å²) < 4.78 is 45.5. The van der Waals surface area contributed by atoms with Gasteiger partial charge in [0, 0.05) is 17.6 Å². The lowest BCUT2D eigenvalue weighted by Crippen LogP contribution is -2.02. The van der Waals surface area contributed by atoms with Gasteiger partial charge in [0.1, 0.15) is 16.5 Å². The molecule has 0 N–H and O–H groups in total. The molecule has 0 amide bonds. The Kier molecular flexibility index (Phi) is 3.72. The molecule has 0 fully saturated rings. The van der Waals surface area contributed by atoms with E-state index in [1.807, 2.05) is 0 Å². The number of benzene rings is 1. The van der Waals surface area contributed by atoms with Crippen molar-refractivity contribution >= 4 is 19.7 Å². The third-order valence-electron chi connectivity index (χ3n) is 2.09. The second-order valence-corrected chi connectivity index (χ2v) is 6.08. The average molecular weight is 307 g/mol. The van der Waals surface area contributed by atoms with Crippen molar-refractivity contribution in [3.8, 4) is 5.75 Å². The fraction of sp³-hybridized carbons (Fsp3) is 0.200. The molecule has 1 heterocycles. The van der Waals surface area contributed by atoms with E-state index in [2.05, 4.69) is 10.1 Å². The average Bonchev–Trinajstić information content (AvgIpc) is 2.72. The van der Waals surface area contributed by atoms with Crippen molar-refractivity contribution in [2.24, 2.45) is 0 Å². The molecule has 102 valence electrons. The topological polar surface area (TPSA) is 82.3 Å². The maximum atomic E-state index is 13.0. The van der Waals surface area contributed by atoms with Crippen molar-refractivity contribution in [2.75, 3.05) is 0 Å². The first kappa shape index (κ1) is 13.8. The van der Waals surface area contributed by atoms with E-state index in [0.717, 1.165) is 18.2 Å². The monoisotopic (exact) mass is 306 g/mol. The van der Waals surface area contributed by atoms with Gasteiger partial charge in [-0.25, -0.2) is 12.8 Å². The fourth-order valence-electron chi connectivity index (χ4n) is 1.33. The van der Waals surface area contributed by atoms with Crippen LogP contribution in [0.15, 0.2) is 27.6 Å². The minimum absolute atomic E-state index is 0.0844. The summed E-state index contributed by atoms with van der Waals surface area (Å²) in [7, 11) is 1.09. The molecule has 0 spiro atoms. The Bertz CT molecular complexity index is 701. The number of hydrogen-bond donors (Lipinski definition) is 0. The molecule has 0 bridgehead atoms. The van der Waals surface area contributed by atoms with Gasteiger partial charge >= 0.3 is 0 Å². The van der Waals surface area contributed by atoms with Crippen molar-refractivity contribution in [3.05, 3.63) is 35.7 Å². The Hall–Kier alpha value is -1.67. The van der Waals surface area contributed by atoms with Crippen molar-refractivity contribution < 1.29 is 22.1 Å². The van der Waals surface area contributed by atoms with E-state index in [0.29, 0.717) is 5.89 Å². The molecule has 1 aromatic carbocycles. The largest absolute Gasteiger partial charge is 0.484 e. The first-order valence-corrected chi connectivity index (χ1v) is 7.33. The highest BCUT2D eigenvalue weighted by molar-refractivity contribution is 8.13. The van der Waals surface area contributed by atoms with Crippen LogP contribution in [0, 0.1) is 12.7 Å². The first-order chi connectivity index (χ1) is 8.86. The van der Waals surface area contributed by atoms with Crippen LogP contribution in [0.25, 0.3) is 0 Å². The van der Waals surface area contributed by atoms with E-state index < -0.39 is 19.8 Å². The molecular formula is C10H8ClFN2O4S. The maximum absolute atomic E-state index is 13.0. The summed E-state index contributed by atoms with van der Waals surface area (Å²) in [6.45, 7) is 1.48. The van der Waals surface area contributed by atoms with E-state index in [-0.39, 0.29) is 18.2 Å². The minimum atomic E-state index is -4.11. The van der Waals surface area contributed by atoms with Gasteiger partial charge in [-0.15, -0.1) is 0 Å². The predicted octanol–water partition coefficient (Wildman–Crippen LogP) is 2.02. The van der Waals surface area contributed by atoms with Crippen LogP contribution in [0.5, 0.6) is 5.75 Å². The zero-order valence-electron chi connectivity index (χ0n) is 9.63. The Balaban J connectivity index is 2.25. The molecule has 2 aromatic rings. The fourth-order valence-corrected chi connectivity index (χ4v) is 2.32. The summed E-state index contributed by atoms with van der Waals surface area (Å²) >= 11 is 0. The minimum Gasteiger partial charge on any atom is -0.484 e. The second kappa shape index (κ2) is 5.14. The molecular weight excluding hydrogens is 299 g/mol. The smallest absolute Gasteiger partial charge is 0.265 e. The van der Waals surface area contributed by atoms with Gasteiger partial charge in [0.05, 0.1) is 0 Å². The number of nitrogens with zero attached hydrogens (tertiary/aromatic N) is 2. The lowest BCUT2D eigenvalue weighted by Gasteiger charge is -2.07. The number of aryl methyl sites for hydroxylation is 1. The molecule has 0 radical (unpaired) electrons. The molecule has 0 aliphatic heterocycles. The molecule has 0 unspecified atom stereocenters. The van der Waals surface area contributed by atoms with Gasteiger partial charge in [-0.3, -0.25) is 0 Å². The highest BCUT2D eigenvalue weighted by atomic mass is 35.7. The SMILES string of the molecule is Cc1nc(COc2ccc(F)cc2S(=O)(=O)Cl)no1. The van der Waals surface area contributed by atoms with E-state index in [9.17, 15) is 12.8 Å². The van der Waals surface area contributed by atoms with Gasteiger partial charge in [-0.05, 0) is 18.2 Å². The summed E-state index contributed by atoms with van der Waals surface area (Å²) in [5, 5.41) is 3.57. The summed E-state index contributed by atoms with van der Waals surface area (Å²) in [5.74, 6) is -0.233. The maximum Gasteiger partial charge on any atom is 0.265 e. The Morgan fingerprint density at radius 2 is 2.21 bits per heavy atom. The van der Waals surface area contributed by atoms with Crippen LogP contribution >= 0.6 is 10.7 Å². The van der Waals surface area contributed by atoms with E-state index in [1.54, 1.807) is 6.92 Å². The van der Waals surface area contributed by atoms with Crippen LogP contribution in [0.1, 0.15) is 11.7 Å². The van der Waals surface area contributed by atoms with Crippen molar-refractivity contribution in [2.45, 2.75) is 18.4 Å².